The number of aryl methyl sites for hydroxylation is 2. The Morgan fingerprint density at radius 2 is 1.88 bits per heavy atom. The maximum Gasteiger partial charge on any atom is 0.274 e. The molecule has 0 aliphatic carbocycles. The number of benzene rings is 2. The van der Waals surface area contributed by atoms with Gasteiger partial charge in [-0.25, -0.2) is 5.01 Å². The fourth-order valence-corrected chi connectivity index (χ4v) is 3.70. The van der Waals surface area contributed by atoms with E-state index >= 15 is 0 Å². The van der Waals surface area contributed by atoms with Crippen molar-refractivity contribution in [1.29, 1.82) is 0 Å². The van der Waals surface area contributed by atoms with Gasteiger partial charge in [0.25, 0.3) is 5.89 Å². The largest absolute Gasteiger partial charge is 0.454 e. The summed E-state index contributed by atoms with van der Waals surface area (Å²) in [6.45, 7) is 3.80. The third kappa shape index (κ3) is 4.14. The van der Waals surface area contributed by atoms with Gasteiger partial charge in [-0.05, 0) is 43.2 Å². The highest BCUT2D eigenvalue weighted by Crippen LogP contribution is 2.35. The molecule has 168 valence electrons. The van der Waals surface area contributed by atoms with E-state index < -0.39 is 0 Å². The summed E-state index contributed by atoms with van der Waals surface area (Å²) < 4.78 is 16.1. The molecule has 0 bridgehead atoms. The first kappa shape index (κ1) is 20.7. The number of rotatable bonds is 5. The van der Waals surface area contributed by atoms with Crippen LogP contribution in [0, 0.1) is 13.8 Å². The van der Waals surface area contributed by atoms with Gasteiger partial charge in [-0.15, -0.1) is 0 Å². The molecule has 1 N–H and O–H groups in total. The molecule has 2 aliphatic rings. The minimum absolute atomic E-state index is 0.175. The number of carbonyl (C=O) groups is 2. The van der Waals surface area contributed by atoms with Gasteiger partial charge in [-0.2, -0.15) is 10.1 Å². The number of anilines is 1. The van der Waals surface area contributed by atoms with E-state index in [0.29, 0.717) is 35.0 Å². The lowest BCUT2D eigenvalue weighted by atomic mass is 10.1. The quantitative estimate of drug-likeness (QED) is 0.638. The molecule has 1 aromatic heterocycles. The van der Waals surface area contributed by atoms with Crippen LogP contribution in [-0.2, 0) is 9.59 Å². The topological polar surface area (TPSA) is 119 Å². The predicted molar refractivity (Wildman–Crippen MR) is 118 cm³/mol. The molecule has 0 spiro atoms. The van der Waals surface area contributed by atoms with Gasteiger partial charge in [-0.3, -0.25) is 9.59 Å². The van der Waals surface area contributed by atoms with E-state index in [1.165, 1.54) is 0 Å². The van der Waals surface area contributed by atoms with E-state index in [2.05, 4.69) is 20.6 Å². The van der Waals surface area contributed by atoms with Crippen molar-refractivity contribution in [2.24, 2.45) is 5.10 Å². The number of para-hydroxylation sites is 1. The van der Waals surface area contributed by atoms with Gasteiger partial charge in [0.2, 0.25) is 24.4 Å². The van der Waals surface area contributed by atoms with E-state index in [4.69, 9.17) is 14.0 Å². The molecular formula is C23H21N5O5. The Balaban J connectivity index is 1.32. The number of nitrogens with one attached hydrogen (secondary N) is 1. The second-order valence-electron chi connectivity index (χ2n) is 7.80. The maximum atomic E-state index is 12.6. The Kier molecular flexibility index (Phi) is 5.25. The van der Waals surface area contributed by atoms with Gasteiger partial charge in [-0.1, -0.05) is 23.4 Å². The second-order valence-corrected chi connectivity index (χ2v) is 7.80. The second kappa shape index (κ2) is 8.38. The fourth-order valence-electron chi connectivity index (χ4n) is 3.70. The van der Waals surface area contributed by atoms with Crippen molar-refractivity contribution < 1.29 is 23.6 Å². The highest BCUT2D eigenvalue weighted by molar-refractivity contribution is 6.02. The number of carbonyl (C=O) groups excluding carboxylic acids is 2. The Morgan fingerprint density at radius 3 is 2.70 bits per heavy atom. The molecule has 0 unspecified atom stereocenters. The summed E-state index contributed by atoms with van der Waals surface area (Å²) in [5, 5.41) is 12.4. The molecule has 10 nitrogen and oxygen atoms in total. The molecule has 0 radical (unpaired) electrons. The number of hydrazone groups is 1. The average Bonchev–Trinajstić information content (AvgIpc) is 3.47. The summed E-state index contributed by atoms with van der Waals surface area (Å²) >= 11 is 0. The maximum absolute atomic E-state index is 12.6. The van der Waals surface area contributed by atoms with Crippen LogP contribution in [0.1, 0.15) is 29.9 Å². The van der Waals surface area contributed by atoms with Crippen LogP contribution >= 0.6 is 0 Å². The zero-order valence-corrected chi connectivity index (χ0v) is 18.1. The van der Waals surface area contributed by atoms with Crippen LogP contribution in [0.4, 0.5) is 5.69 Å². The molecular weight excluding hydrogens is 426 g/mol. The Morgan fingerprint density at radius 1 is 1.09 bits per heavy atom. The van der Waals surface area contributed by atoms with E-state index in [1.54, 1.807) is 18.2 Å². The minimum Gasteiger partial charge on any atom is -0.454 e. The van der Waals surface area contributed by atoms with Crippen molar-refractivity contribution in [2.75, 3.05) is 18.7 Å². The Bertz CT molecular complexity index is 1260. The fraction of sp³-hybridized carbons (Fsp3) is 0.261. The molecule has 2 aliphatic heterocycles. The third-order valence-corrected chi connectivity index (χ3v) is 5.45. The molecule has 3 heterocycles. The van der Waals surface area contributed by atoms with Crippen molar-refractivity contribution >= 4 is 23.2 Å². The molecule has 2 aromatic carbocycles. The number of ether oxygens (including phenoxy) is 2. The number of amides is 2. The molecule has 5 rings (SSSR count). The predicted octanol–water partition coefficient (Wildman–Crippen LogP) is 3.05. The number of aromatic nitrogens is 2. The lowest BCUT2D eigenvalue weighted by Crippen LogP contribution is -2.38. The van der Waals surface area contributed by atoms with Crippen molar-refractivity contribution in [2.45, 2.75) is 26.7 Å². The first-order chi connectivity index (χ1) is 16.0. The first-order valence-corrected chi connectivity index (χ1v) is 10.5. The van der Waals surface area contributed by atoms with E-state index in [1.807, 2.05) is 32.0 Å². The number of nitrogens with zero attached hydrogens (tertiary/aromatic N) is 4. The third-order valence-electron chi connectivity index (χ3n) is 5.45. The lowest BCUT2D eigenvalue weighted by molar-refractivity contribution is -0.135. The van der Waals surface area contributed by atoms with Gasteiger partial charge < -0.3 is 19.3 Å². The van der Waals surface area contributed by atoms with Gasteiger partial charge in [0.1, 0.15) is 12.3 Å². The summed E-state index contributed by atoms with van der Waals surface area (Å²) in [5.74, 6) is 1.26. The van der Waals surface area contributed by atoms with Gasteiger partial charge in [0, 0.05) is 24.1 Å². The Hall–Kier alpha value is -4.21. The van der Waals surface area contributed by atoms with Crippen molar-refractivity contribution in [3.05, 3.63) is 53.4 Å². The molecule has 33 heavy (non-hydrogen) atoms. The monoisotopic (exact) mass is 447 g/mol. The van der Waals surface area contributed by atoms with Gasteiger partial charge in [0.05, 0.1) is 0 Å². The molecule has 2 amide bonds. The van der Waals surface area contributed by atoms with Crippen LogP contribution in [0.3, 0.4) is 0 Å². The van der Waals surface area contributed by atoms with E-state index in [9.17, 15) is 9.59 Å². The first-order valence-electron chi connectivity index (χ1n) is 10.5. The van der Waals surface area contributed by atoms with E-state index in [0.717, 1.165) is 21.8 Å². The molecule has 0 saturated heterocycles. The summed E-state index contributed by atoms with van der Waals surface area (Å²) in [6.07, 6.45) is 0.536. The van der Waals surface area contributed by atoms with Crippen LogP contribution in [-0.4, -0.2) is 46.0 Å². The van der Waals surface area contributed by atoms with Gasteiger partial charge in [0.15, 0.2) is 11.5 Å². The van der Waals surface area contributed by atoms with Crippen LogP contribution in [0.25, 0.3) is 11.4 Å². The summed E-state index contributed by atoms with van der Waals surface area (Å²) in [6, 6.07) is 11.1. The van der Waals surface area contributed by atoms with Crippen molar-refractivity contribution in [1.82, 2.24) is 15.1 Å². The van der Waals surface area contributed by atoms with Crippen LogP contribution in [0.5, 0.6) is 11.5 Å². The Labute approximate surface area is 189 Å². The summed E-state index contributed by atoms with van der Waals surface area (Å²) in [5.41, 5.74) is 3.78. The van der Waals surface area contributed by atoms with Crippen LogP contribution in [0.15, 0.2) is 46.0 Å². The SMILES string of the molecule is Cc1cccc(C)c1NC(=O)CN1N=C(c2nc(-c3ccc4c(c3)OCO4)no2)CCC1=O. The molecule has 10 heteroatoms. The zero-order chi connectivity index (χ0) is 22.9. The smallest absolute Gasteiger partial charge is 0.274 e. The number of hydrogen-bond donors (Lipinski definition) is 1. The molecule has 0 fully saturated rings. The van der Waals surface area contributed by atoms with Crippen LogP contribution in [0.2, 0.25) is 0 Å². The molecule has 0 saturated carbocycles. The highest BCUT2D eigenvalue weighted by atomic mass is 16.7. The minimum atomic E-state index is -0.336. The standard InChI is InChI=1S/C23H21N5O5/c1-13-4-3-5-14(2)21(13)24-19(29)11-28-20(30)9-7-16(26-28)23-25-22(27-33-23)15-6-8-17-18(10-15)32-12-31-17/h3-6,8,10H,7,9,11-12H2,1-2H3,(H,24,29). The average molecular weight is 447 g/mol. The van der Waals surface area contributed by atoms with E-state index in [-0.39, 0.29) is 37.5 Å². The zero-order valence-electron chi connectivity index (χ0n) is 18.1. The van der Waals surface area contributed by atoms with Crippen LogP contribution < -0.4 is 14.8 Å². The summed E-state index contributed by atoms with van der Waals surface area (Å²) in [7, 11) is 0. The highest BCUT2D eigenvalue weighted by Gasteiger charge is 2.27. The van der Waals surface area contributed by atoms with Crippen molar-refractivity contribution in [3.8, 4) is 22.9 Å². The number of fused-ring (bicyclic) bond motifs is 1. The normalized spacial score (nSPS) is 14.9. The summed E-state index contributed by atoms with van der Waals surface area (Å²) in [4.78, 5) is 29.4. The molecule has 0 atom stereocenters. The molecule has 3 aromatic rings. The van der Waals surface area contributed by atoms with Crippen molar-refractivity contribution in [3.63, 3.8) is 0 Å². The van der Waals surface area contributed by atoms with Gasteiger partial charge >= 0.3 is 0 Å². The number of hydrogen-bond acceptors (Lipinski definition) is 8. The lowest BCUT2D eigenvalue weighted by Gasteiger charge is -2.22.